The van der Waals surface area contributed by atoms with E-state index in [2.05, 4.69) is 21.2 Å². The lowest BCUT2D eigenvalue weighted by Crippen LogP contribution is -2.35. The van der Waals surface area contributed by atoms with Gasteiger partial charge < -0.3 is 10.2 Å². The Bertz CT molecular complexity index is 521. The maximum Gasteiger partial charge on any atom is 0.293 e. The van der Waals surface area contributed by atoms with Gasteiger partial charge in [0.25, 0.3) is 5.69 Å². The second-order valence-electron chi connectivity index (χ2n) is 3.96. The van der Waals surface area contributed by atoms with Gasteiger partial charge in [-0.25, -0.2) is 4.39 Å². The van der Waals surface area contributed by atoms with Gasteiger partial charge in [-0.3, -0.25) is 14.9 Å². The van der Waals surface area contributed by atoms with Crippen molar-refractivity contribution in [2.75, 3.05) is 25.0 Å². The van der Waals surface area contributed by atoms with E-state index in [9.17, 15) is 19.3 Å². The number of nitro benzene ring substituents is 1. The molecule has 0 bridgehead atoms. The molecular weight excluding hydrogens is 333 g/mol. The SMILES string of the molecule is CCN(CC)C(=O)CNc1cc(F)c(Br)cc1[N+](=O)[O-]. The number of nitrogens with zero attached hydrogens (tertiary/aromatic N) is 2. The fourth-order valence-corrected chi connectivity index (χ4v) is 2.02. The first-order valence-electron chi connectivity index (χ1n) is 6.05. The van der Waals surface area contributed by atoms with Crippen LogP contribution in [0.25, 0.3) is 0 Å². The first-order valence-corrected chi connectivity index (χ1v) is 6.85. The maximum atomic E-state index is 13.4. The van der Waals surface area contributed by atoms with Gasteiger partial charge in [-0.2, -0.15) is 0 Å². The summed E-state index contributed by atoms with van der Waals surface area (Å²) in [6.07, 6.45) is 0. The van der Waals surface area contributed by atoms with Crippen molar-refractivity contribution in [3.05, 3.63) is 32.5 Å². The summed E-state index contributed by atoms with van der Waals surface area (Å²) in [5, 5.41) is 13.5. The molecule has 0 saturated carbocycles. The highest BCUT2D eigenvalue weighted by Crippen LogP contribution is 2.30. The van der Waals surface area contributed by atoms with Gasteiger partial charge >= 0.3 is 0 Å². The fourth-order valence-electron chi connectivity index (χ4n) is 1.69. The van der Waals surface area contributed by atoms with Crippen LogP contribution in [0.5, 0.6) is 0 Å². The van der Waals surface area contributed by atoms with Crippen LogP contribution in [0.15, 0.2) is 16.6 Å². The van der Waals surface area contributed by atoms with Gasteiger partial charge in [-0.1, -0.05) is 0 Å². The van der Waals surface area contributed by atoms with Crippen LogP contribution in [-0.4, -0.2) is 35.4 Å². The summed E-state index contributed by atoms with van der Waals surface area (Å²) in [6, 6.07) is 2.07. The van der Waals surface area contributed by atoms with Crippen LogP contribution in [0.2, 0.25) is 0 Å². The van der Waals surface area contributed by atoms with E-state index >= 15 is 0 Å². The number of carbonyl (C=O) groups is 1. The summed E-state index contributed by atoms with van der Waals surface area (Å²) < 4.78 is 13.4. The van der Waals surface area contributed by atoms with Crippen LogP contribution >= 0.6 is 15.9 Å². The molecule has 6 nitrogen and oxygen atoms in total. The highest BCUT2D eigenvalue weighted by molar-refractivity contribution is 9.10. The molecule has 0 heterocycles. The Balaban J connectivity index is 2.89. The van der Waals surface area contributed by atoms with Crippen molar-refractivity contribution in [1.82, 2.24) is 4.90 Å². The minimum absolute atomic E-state index is 0.00446. The summed E-state index contributed by atoms with van der Waals surface area (Å²) in [5.41, 5.74) is -0.304. The molecule has 0 aliphatic heterocycles. The number of hydrogen-bond acceptors (Lipinski definition) is 4. The van der Waals surface area contributed by atoms with Gasteiger partial charge in [0.1, 0.15) is 11.5 Å². The fraction of sp³-hybridized carbons (Fsp3) is 0.417. The van der Waals surface area contributed by atoms with Crippen molar-refractivity contribution in [2.24, 2.45) is 0 Å². The third-order valence-corrected chi connectivity index (χ3v) is 3.39. The molecule has 1 aromatic rings. The van der Waals surface area contributed by atoms with Crippen molar-refractivity contribution in [2.45, 2.75) is 13.8 Å². The van der Waals surface area contributed by atoms with Crippen LogP contribution in [0, 0.1) is 15.9 Å². The number of anilines is 1. The Labute approximate surface area is 124 Å². The van der Waals surface area contributed by atoms with E-state index in [4.69, 9.17) is 0 Å². The zero-order chi connectivity index (χ0) is 15.3. The predicted octanol–water partition coefficient (Wildman–Crippen LogP) is 2.78. The van der Waals surface area contributed by atoms with Crippen molar-refractivity contribution < 1.29 is 14.1 Å². The number of hydrogen-bond donors (Lipinski definition) is 1. The van der Waals surface area contributed by atoms with Crippen molar-refractivity contribution in [3.8, 4) is 0 Å². The quantitative estimate of drug-likeness (QED) is 0.634. The molecule has 0 aliphatic carbocycles. The number of benzene rings is 1. The molecule has 1 N–H and O–H groups in total. The Kier molecular flexibility index (Phi) is 5.87. The molecule has 0 radical (unpaired) electrons. The number of halogens is 2. The van der Waals surface area contributed by atoms with Gasteiger partial charge in [-0.05, 0) is 29.8 Å². The molecule has 0 fully saturated rings. The van der Waals surface area contributed by atoms with Crippen LogP contribution in [0.4, 0.5) is 15.8 Å². The molecule has 110 valence electrons. The van der Waals surface area contributed by atoms with Crippen molar-refractivity contribution >= 4 is 33.2 Å². The number of amides is 1. The summed E-state index contributed by atoms with van der Waals surface area (Å²) in [7, 11) is 0. The van der Waals surface area contributed by atoms with E-state index in [0.29, 0.717) is 13.1 Å². The van der Waals surface area contributed by atoms with Gasteiger partial charge in [0.15, 0.2) is 0 Å². The zero-order valence-electron chi connectivity index (χ0n) is 11.2. The summed E-state index contributed by atoms with van der Waals surface area (Å²) in [6.45, 7) is 4.65. The van der Waals surface area contributed by atoms with E-state index < -0.39 is 10.7 Å². The Hall–Kier alpha value is -1.70. The average molecular weight is 348 g/mol. The van der Waals surface area contributed by atoms with Gasteiger partial charge in [0, 0.05) is 25.2 Å². The molecule has 1 rings (SSSR count). The summed E-state index contributed by atoms with van der Waals surface area (Å²) in [5.74, 6) is -0.832. The number of rotatable bonds is 6. The maximum absolute atomic E-state index is 13.4. The first kappa shape index (κ1) is 16.4. The van der Waals surface area contributed by atoms with E-state index in [1.807, 2.05) is 13.8 Å². The molecule has 0 atom stereocenters. The number of carbonyl (C=O) groups excluding carboxylic acids is 1. The molecule has 0 saturated heterocycles. The zero-order valence-corrected chi connectivity index (χ0v) is 12.7. The number of nitro groups is 1. The van der Waals surface area contributed by atoms with E-state index in [1.54, 1.807) is 4.90 Å². The van der Waals surface area contributed by atoms with Gasteiger partial charge in [0.2, 0.25) is 5.91 Å². The van der Waals surface area contributed by atoms with Crippen molar-refractivity contribution in [3.63, 3.8) is 0 Å². The molecular formula is C12H15BrFN3O3. The van der Waals surface area contributed by atoms with Crippen LogP contribution in [0.1, 0.15) is 13.8 Å². The number of nitrogens with one attached hydrogen (secondary N) is 1. The van der Waals surface area contributed by atoms with Crippen LogP contribution < -0.4 is 5.32 Å². The van der Waals surface area contributed by atoms with Gasteiger partial charge in [-0.15, -0.1) is 0 Å². The lowest BCUT2D eigenvalue weighted by molar-refractivity contribution is -0.384. The Morgan fingerprint density at radius 3 is 2.55 bits per heavy atom. The van der Waals surface area contributed by atoms with Gasteiger partial charge in [0.05, 0.1) is 15.9 Å². The van der Waals surface area contributed by atoms with Crippen LogP contribution in [-0.2, 0) is 4.79 Å². The third kappa shape index (κ3) is 3.89. The lowest BCUT2D eigenvalue weighted by atomic mass is 10.2. The standard InChI is InChI=1S/C12H15BrFN3O3/c1-3-16(4-2)12(18)7-15-10-6-9(14)8(13)5-11(10)17(19)20/h5-6,15H,3-4,7H2,1-2H3. The predicted molar refractivity (Wildman–Crippen MR) is 77.2 cm³/mol. The first-order chi connectivity index (χ1) is 9.40. The highest BCUT2D eigenvalue weighted by Gasteiger charge is 2.19. The lowest BCUT2D eigenvalue weighted by Gasteiger charge is -2.19. The molecule has 8 heteroatoms. The Morgan fingerprint density at radius 1 is 1.45 bits per heavy atom. The average Bonchev–Trinajstić information content (AvgIpc) is 2.40. The third-order valence-electron chi connectivity index (χ3n) is 2.78. The summed E-state index contributed by atoms with van der Waals surface area (Å²) >= 11 is 2.89. The van der Waals surface area contributed by atoms with Crippen molar-refractivity contribution in [1.29, 1.82) is 0 Å². The minimum atomic E-state index is -0.631. The highest BCUT2D eigenvalue weighted by atomic mass is 79.9. The molecule has 20 heavy (non-hydrogen) atoms. The molecule has 0 spiro atoms. The Morgan fingerprint density at radius 2 is 2.05 bits per heavy atom. The molecule has 0 aromatic heterocycles. The second-order valence-corrected chi connectivity index (χ2v) is 4.81. The van der Waals surface area contributed by atoms with E-state index in [0.717, 1.165) is 12.1 Å². The van der Waals surface area contributed by atoms with E-state index in [-0.39, 0.29) is 28.3 Å². The smallest absolute Gasteiger partial charge is 0.293 e. The van der Waals surface area contributed by atoms with Crippen LogP contribution in [0.3, 0.4) is 0 Å². The monoisotopic (exact) mass is 347 g/mol. The summed E-state index contributed by atoms with van der Waals surface area (Å²) in [4.78, 5) is 23.7. The minimum Gasteiger partial charge on any atom is -0.370 e. The molecule has 0 aliphatic rings. The largest absolute Gasteiger partial charge is 0.370 e. The molecule has 1 amide bonds. The normalized spacial score (nSPS) is 10.2. The molecule has 1 aromatic carbocycles. The second kappa shape index (κ2) is 7.18. The number of likely N-dealkylation sites (N-methyl/N-ethyl adjacent to an activating group) is 1. The van der Waals surface area contributed by atoms with E-state index in [1.165, 1.54) is 0 Å². The topological polar surface area (TPSA) is 75.5 Å². The molecule has 0 unspecified atom stereocenters.